The first-order valence-electron chi connectivity index (χ1n) is 7.17. The van der Waals surface area contributed by atoms with Gasteiger partial charge in [0.05, 0.1) is 11.3 Å². The Morgan fingerprint density at radius 1 is 1.38 bits per heavy atom. The van der Waals surface area contributed by atoms with Crippen LogP contribution in [0.15, 0.2) is 34.9 Å². The Balaban J connectivity index is 1.56. The van der Waals surface area contributed by atoms with Gasteiger partial charge in [-0.25, -0.2) is 4.98 Å². The van der Waals surface area contributed by atoms with Crippen LogP contribution in [0.25, 0.3) is 11.5 Å². The average Bonchev–Trinajstić information content (AvgIpc) is 3.10. The number of aryl methyl sites for hydroxylation is 1. The summed E-state index contributed by atoms with van der Waals surface area (Å²) in [5, 5.41) is 13.5. The van der Waals surface area contributed by atoms with Crippen molar-refractivity contribution in [2.24, 2.45) is 0 Å². The number of nitrogens with one attached hydrogen (secondary N) is 1. The van der Waals surface area contributed by atoms with Crippen molar-refractivity contribution in [3.8, 4) is 11.5 Å². The average molecular weight is 304 g/mol. The van der Waals surface area contributed by atoms with Crippen molar-refractivity contribution in [3.63, 3.8) is 0 Å². The van der Waals surface area contributed by atoms with Gasteiger partial charge in [-0.05, 0) is 31.2 Å². The van der Waals surface area contributed by atoms with E-state index < -0.39 is 5.60 Å². The SMILES string of the molecule is Cc1ccc(-c2nc(CNCC3(O)CCSC3)co2)cc1. The molecule has 0 spiro atoms. The topological polar surface area (TPSA) is 58.3 Å². The highest BCUT2D eigenvalue weighted by Crippen LogP contribution is 2.27. The molecule has 1 aromatic heterocycles. The largest absolute Gasteiger partial charge is 0.444 e. The molecule has 2 N–H and O–H groups in total. The molecule has 1 saturated heterocycles. The van der Waals surface area contributed by atoms with Gasteiger partial charge in [0.1, 0.15) is 6.26 Å². The molecule has 1 fully saturated rings. The predicted octanol–water partition coefficient (Wildman–Crippen LogP) is 2.61. The Hall–Kier alpha value is -1.30. The lowest BCUT2D eigenvalue weighted by atomic mass is 10.0. The van der Waals surface area contributed by atoms with Gasteiger partial charge < -0.3 is 14.8 Å². The molecule has 112 valence electrons. The van der Waals surface area contributed by atoms with Gasteiger partial charge >= 0.3 is 0 Å². The highest BCUT2D eigenvalue weighted by atomic mass is 32.2. The van der Waals surface area contributed by atoms with E-state index in [4.69, 9.17) is 4.42 Å². The van der Waals surface area contributed by atoms with Gasteiger partial charge in [0, 0.05) is 24.4 Å². The van der Waals surface area contributed by atoms with Crippen LogP contribution in [0.3, 0.4) is 0 Å². The Morgan fingerprint density at radius 2 is 2.19 bits per heavy atom. The lowest BCUT2D eigenvalue weighted by molar-refractivity contribution is 0.0674. The standard InChI is InChI=1S/C16H20N2O2S/c1-12-2-4-13(5-3-12)15-18-14(9-20-15)8-17-10-16(19)6-7-21-11-16/h2-5,9,17,19H,6-8,10-11H2,1H3. The summed E-state index contributed by atoms with van der Waals surface area (Å²) in [6.07, 6.45) is 2.54. The van der Waals surface area contributed by atoms with E-state index in [2.05, 4.69) is 17.2 Å². The molecule has 1 aliphatic rings. The molecule has 21 heavy (non-hydrogen) atoms. The second-order valence-electron chi connectivity index (χ2n) is 5.64. The molecule has 2 heterocycles. The van der Waals surface area contributed by atoms with Crippen LogP contribution in [-0.4, -0.2) is 33.7 Å². The molecule has 1 unspecified atom stereocenters. The van der Waals surface area contributed by atoms with Gasteiger partial charge in [0.15, 0.2) is 0 Å². The van der Waals surface area contributed by atoms with Crippen molar-refractivity contribution in [1.29, 1.82) is 0 Å². The van der Waals surface area contributed by atoms with E-state index in [1.165, 1.54) is 5.56 Å². The van der Waals surface area contributed by atoms with E-state index in [0.29, 0.717) is 19.0 Å². The summed E-state index contributed by atoms with van der Waals surface area (Å²) in [6, 6.07) is 8.11. The third kappa shape index (κ3) is 3.67. The van der Waals surface area contributed by atoms with E-state index in [-0.39, 0.29) is 0 Å². The van der Waals surface area contributed by atoms with Crippen LogP contribution in [0.5, 0.6) is 0 Å². The second kappa shape index (κ2) is 6.22. The summed E-state index contributed by atoms with van der Waals surface area (Å²) in [5.41, 5.74) is 2.50. The van der Waals surface area contributed by atoms with E-state index >= 15 is 0 Å². The molecule has 1 aliphatic heterocycles. The van der Waals surface area contributed by atoms with Crippen LogP contribution in [0.1, 0.15) is 17.7 Å². The first kappa shape index (κ1) is 14.6. The molecule has 0 radical (unpaired) electrons. The fourth-order valence-corrected chi connectivity index (χ4v) is 3.67. The normalized spacial score (nSPS) is 21.8. The van der Waals surface area contributed by atoms with E-state index in [9.17, 15) is 5.11 Å². The minimum absolute atomic E-state index is 0.561. The maximum absolute atomic E-state index is 10.3. The number of aliphatic hydroxyl groups is 1. The van der Waals surface area contributed by atoms with Crippen LogP contribution in [-0.2, 0) is 6.54 Å². The van der Waals surface area contributed by atoms with Crippen molar-refractivity contribution in [3.05, 3.63) is 41.8 Å². The maximum atomic E-state index is 10.3. The van der Waals surface area contributed by atoms with Crippen LogP contribution < -0.4 is 5.32 Å². The number of thioether (sulfide) groups is 1. The summed E-state index contributed by atoms with van der Waals surface area (Å²) < 4.78 is 5.52. The van der Waals surface area contributed by atoms with Crippen molar-refractivity contribution in [2.45, 2.75) is 25.5 Å². The second-order valence-corrected chi connectivity index (χ2v) is 6.75. The molecular formula is C16H20N2O2S. The fourth-order valence-electron chi connectivity index (χ4n) is 2.38. The molecular weight excluding hydrogens is 284 g/mol. The highest BCUT2D eigenvalue weighted by Gasteiger charge is 2.31. The first-order chi connectivity index (χ1) is 10.1. The Labute approximate surface area is 129 Å². The van der Waals surface area contributed by atoms with Gasteiger partial charge in [-0.2, -0.15) is 11.8 Å². The van der Waals surface area contributed by atoms with Crippen molar-refractivity contribution in [1.82, 2.24) is 10.3 Å². The number of oxazole rings is 1. The van der Waals surface area contributed by atoms with Crippen molar-refractivity contribution >= 4 is 11.8 Å². The molecule has 1 aromatic carbocycles. The molecule has 0 saturated carbocycles. The maximum Gasteiger partial charge on any atom is 0.226 e. The van der Waals surface area contributed by atoms with Gasteiger partial charge in [-0.1, -0.05) is 17.7 Å². The fraction of sp³-hybridized carbons (Fsp3) is 0.438. The van der Waals surface area contributed by atoms with Gasteiger partial charge in [-0.15, -0.1) is 0 Å². The zero-order valence-electron chi connectivity index (χ0n) is 12.1. The van der Waals surface area contributed by atoms with Crippen LogP contribution >= 0.6 is 11.8 Å². The summed E-state index contributed by atoms with van der Waals surface area (Å²) in [6.45, 7) is 3.27. The number of nitrogens with zero attached hydrogens (tertiary/aromatic N) is 1. The van der Waals surface area contributed by atoms with Crippen LogP contribution in [0, 0.1) is 6.92 Å². The number of aromatic nitrogens is 1. The van der Waals surface area contributed by atoms with Gasteiger partial charge in [0.25, 0.3) is 0 Å². The molecule has 5 heteroatoms. The molecule has 3 rings (SSSR count). The van der Waals surface area contributed by atoms with E-state index in [1.54, 1.807) is 18.0 Å². The summed E-state index contributed by atoms with van der Waals surface area (Å²) >= 11 is 1.81. The summed E-state index contributed by atoms with van der Waals surface area (Å²) in [5.74, 6) is 2.49. The lowest BCUT2D eigenvalue weighted by Gasteiger charge is -2.21. The minimum atomic E-state index is -0.561. The molecule has 4 nitrogen and oxygen atoms in total. The Bertz CT molecular complexity index is 589. The quantitative estimate of drug-likeness (QED) is 0.889. The van der Waals surface area contributed by atoms with E-state index in [0.717, 1.165) is 29.2 Å². The zero-order chi connectivity index (χ0) is 14.7. The third-order valence-electron chi connectivity index (χ3n) is 3.69. The predicted molar refractivity (Wildman–Crippen MR) is 85.3 cm³/mol. The van der Waals surface area contributed by atoms with Crippen LogP contribution in [0.2, 0.25) is 0 Å². The summed E-state index contributed by atoms with van der Waals surface area (Å²) in [7, 11) is 0. The van der Waals surface area contributed by atoms with Crippen LogP contribution in [0.4, 0.5) is 0 Å². The third-order valence-corrected chi connectivity index (χ3v) is 4.93. The molecule has 0 aliphatic carbocycles. The summed E-state index contributed by atoms with van der Waals surface area (Å²) in [4.78, 5) is 4.48. The van der Waals surface area contributed by atoms with Gasteiger partial charge in [0.2, 0.25) is 5.89 Å². The van der Waals surface area contributed by atoms with Gasteiger partial charge in [-0.3, -0.25) is 0 Å². The first-order valence-corrected chi connectivity index (χ1v) is 8.32. The van der Waals surface area contributed by atoms with Crippen molar-refractivity contribution < 1.29 is 9.52 Å². The number of hydrogen-bond donors (Lipinski definition) is 2. The smallest absolute Gasteiger partial charge is 0.226 e. The monoisotopic (exact) mass is 304 g/mol. The molecule has 0 amide bonds. The van der Waals surface area contributed by atoms with Crippen molar-refractivity contribution in [2.75, 3.05) is 18.1 Å². The minimum Gasteiger partial charge on any atom is -0.444 e. The number of rotatable bonds is 5. The molecule has 1 atom stereocenters. The zero-order valence-corrected chi connectivity index (χ0v) is 12.9. The lowest BCUT2D eigenvalue weighted by Crippen LogP contribution is -2.40. The Kier molecular flexibility index (Phi) is 4.33. The number of hydrogen-bond acceptors (Lipinski definition) is 5. The Morgan fingerprint density at radius 3 is 2.90 bits per heavy atom. The molecule has 2 aromatic rings. The highest BCUT2D eigenvalue weighted by molar-refractivity contribution is 7.99. The van der Waals surface area contributed by atoms with E-state index in [1.807, 2.05) is 24.3 Å². The molecule has 0 bridgehead atoms. The number of benzene rings is 1.